The molecule has 3 nitrogen and oxygen atoms in total. The fourth-order valence-corrected chi connectivity index (χ4v) is 3.79. The molecular weight excluding hydrogens is 258 g/mol. The number of nitrogens with one attached hydrogen (secondary N) is 1. The Morgan fingerprint density at radius 2 is 2.05 bits per heavy atom. The minimum Gasteiger partial charge on any atom is -0.313 e. The van der Waals surface area contributed by atoms with Gasteiger partial charge in [-0.05, 0) is 43.4 Å². The predicted octanol–water partition coefficient (Wildman–Crippen LogP) is 3.96. The maximum Gasteiger partial charge on any atom is 0.0645 e. The van der Waals surface area contributed by atoms with E-state index in [-0.39, 0.29) is 0 Å². The standard InChI is InChI=1S/C18H25N3/c1-18(2)11-7-10-16(18)17(19-3)14-12-20-21(13-14)15-8-5-4-6-9-15/h4-6,8-9,12-13,16-17,19H,7,10-11H2,1-3H3. The number of benzene rings is 1. The topological polar surface area (TPSA) is 29.9 Å². The van der Waals surface area contributed by atoms with Crippen LogP contribution in [0.3, 0.4) is 0 Å². The Morgan fingerprint density at radius 3 is 2.67 bits per heavy atom. The Labute approximate surface area is 127 Å². The second kappa shape index (κ2) is 5.64. The van der Waals surface area contributed by atoms with Crippen molar-refractivity contribution in [2.75, 3.05) is 7.05 Å². The van der Waals surface area contributed by atoms with Gasteiger partial charge in [0.1, 0.15) is 0 Å². The minimum absolute atomic E-state index is 0.389. The molecule has 1 aromatic carbocycles. The summed E-state index contributed by atoms with van der Waals surface area (Å²) in [6.45, 7) is 4.80. The Bertz CT molecular complexity index is 586. The quantitative estimate of drug-likeness (QED) is 0.920. The maximum absolute atomic E-state index is 4.55. The zero-order chi connectivity index (χ0) is 14.9. The first kappa shape index (κ1) is 14.3. The van der Waals surface area contributed by atoms with Gasteiger partial charge in [0.2, 0.25) is 0 Å². The molecule has 1 aromatic heterocycles. The molecule has 1 aliphatic rings. The summed E-state index contributed by atoms with van der Waals surface area (Å²) in [4.78, 5) is 0. The zero-order valence-corrected chi connectivity index (χ0v) is 13.2. The highest BCUT2D eigenvalue weighted by Crippen LogP contribution is 2.48. The lowest BCUT2D eigenvalue weighted by Crippen LogP contribution is -2.31. The smallest absolute Gasteiger partial charge is 0.0645 e. The molecule has 0 radical (unpaired) electrons. The van der Waals surface area contributed by atoms with Crippen LogP contribution in [-0.2, 0) is 0 Å². The highest BCUT2D eigenvalue weighted by Gasteiger charge is 2.39. The largest absolute Gasteiger partial charge is 0.313 e. The van der Waals surface area contributed by atoms with E-state index in [0.717, 1.165) is 5.69 Å². The number of hydrogen-bond donors (Lipinski definition) is 1. The third kappa shape index (κ3) is 2.75. The predicted molar refractivity (Wildman–Crippen MR) is 86.5 cm³/mol. The number of aromatic nitrogens is 2. The molecule has 21 heavy (non-hydrogen) atoms. The minimum atomic E-state index is 0.389. The summed E-state index contributed by atoms with van der Waals surface area (Å²) in [5.74, 6) is 0.677. The monoisotopic (exact) mass is 283 g/mol. The summed E-state index contributed by atoms with van der Waals surface area (Å²) in [7, 11) is 2.07. The lowest BCUT2D eigenvalue weighted by atomic mass is 9.76. The van der Waals surface area contributed by atoms with Crippen LogP contribution in [0.5, 0.6) is 0 Å². The molecule has 1 aliphatic carbocycles. The van der Waals surface area contributed by atoms with E-state index in [9.17, 15) is 0 Å². The van der Waals surface area contributed by atoms with Crippen molar-refractivity contribution < 1.29 is 0 Å². The normalized spacial score (nSPS) is 22.3. The van der Waals surface area contributed by atoms with E-state index in [1.165, 1.54) is 24.8 Å². The van der Waals surface area contributed by atoms with Gasteiger partial charge >= 0.3 is 0 Å². The highest BCUT2D eigenvalue weighted by atomic mass is 15.3. The fourth-order valence-electron chi connectivity index (χ4n) is 3.79. The van der Waals surface area contributed by atoms with Crippen molar-refractivity contribution in [3.63, 3.8) is 0 Å². The summed E-state index contributed by atoms with van der Waals surface area (Å²) < 4.78 is 1.97. The number of hydrogen-bond acceptors (Lipinski definition) is 2. The van der Waals surface area contributed by atoms with Crippen LogP contribution in [0.2, 0.25) is 0 Å². The molecule has 2 atom stereocenters. The molecule has 0 saturated heterocycles. The highest BCUT2D eigenvalue weighted by molar-refractivity contribution is 5.31. The number of nitrogens with zero attached hydrogens (tertiary/aromatic N) is 2. The molecule has 0 spiro atoms. The summed E-state index contributed by atoms with van der Waals surface area (Å²) >= 11 is 0. The number of rotatable bonds is 4. The van der Waals surface area contributed by atoms with Crippen LogP contribution >= 0.6 is 0 Å². The van der Waals surface area contributed by atoms with Crippen molar-refractivity contribution >= 4 is 0 Å². The van der Waals surface area contributed by atoms with E-state index in [0.29, 0.717) is 17.4 Å². The van der Waals surface area contributed by atoms with Crippen LogP contribution < -0.4 is 5.32 Å². The van der Waals surface area contributed by atoms with Crippen molar-refractivity contribution in [2.45, 2.75) is 39.2 Å². The van der Waals surface area contributed by atoms with E-state index in [1.807, 2.05) is 29.1 Å². The molecule has 2 unspecified atom stereocenters. The third-order valence-electron chi connectivity index (χ3n) is 5.04. The Kier molecular flexibility index (Phi) is 3.85. The average molecular weight is 283 g/mol. The molecule has 3 heteroatoms. The van der Waals surface area contributed by atoms with Gasteiger partial charge in [-0.15, -0.1) is 0 Å². The van der Waals surface area contributed by atoms with Crippen LogP contribution in [0.25, 0.3) is 5.69 Å². The molecule has 2 aromatic rings. The SMILES string of the molecule is CNC(c1cnn(-c2ccccc2)c1)C1CCCC1(C)C. The molecule has 1 N–H and O–H groups in total. The average Bonchev–Trinajstić information content (AvgIpc) is 3.09. The fraction of sp³-hybridized carbons (Fsp3) is 0.500. The lowest BCUT2D eigenvalue weighted by Gasteiger charge is -2.33. The summed E-state index contributed by atoms with van der Waals surface area (Å²) in [6.07, 6.45) is 8.15. The van der Waals surface area contributed by atoms with E-state index in [1.54, 1.807) is 0 Å². The van der Waals surface area contributed by atoms with Crippen LogP contribution in [0.15, 0.2) is 42.7 Å². The Hall–Kier alpha value is -1.61. The molecule has 3 rings (SSSR count). The third-order valence-corrected chi connectivity index (χ3v) is 5.04. The molecular formula is C18H25N3. The van der Waals surface area contributed by atoms with Gasteiger partial charge in [-0.2, -0.15) is 5.10 Å². The molecule has 1 fully saturated rings. The zero-order valence-electron chi connectivity index (χ0n) is 13.2. The Morgan fingerprint density at radius 1 is 1.29 bits per heavy atom. The van der Waals surface area contributed by atoms with Gasteiger partial charge in [0.15, 0.2) is 0 Å². The first-order valence-corrected chi connectivity index (χ1v) is 7.89. The van der Waals surface area contributed by atoms with E-state index < -0.39 is 0 Å². The lowest BCUT2D eigenvalue weighted by molar-refractivity contribution is 0.203. The van der Waals surface area contributed by atoms with Crippen molar-refractivity contribution in [1.82, 2.24) is 15.1 Å². The second-order valence-electron chi connectivity index (χ2n) is 6.81. The van der Waals surface area contributed by atoms with Crippen molar-refractivity contribution in [2.24, 2.45) is 11.3 Å². The van der Waals surface area contributed by atoms with Crippen LogP contribution in [0.4, 0.5) is 0 Å². The van der Waals surface area contributed by atoms with Gasteiger partial charge in [0, 0.05) is 17.8 Å². The summed E-state index contributed by atoms with van der Waals surface area (Å²) in [5.41, 5.74) is 2.81. The molecule has 0 amide bonds. The second-order valence-corrected chi connectivity index (χ2v) is 6.81. The van der Waals surface area contributed by atoms with Crippen molar-refractivity contribution in [1.29, 1.82) is 0 Å². The van der Waals surface area contributed by atoms with Gasteiger partial charge < -0.3 is 5.32 Å². The van der Waals surface area contributed by atoms with Gasteiger partial charge in [-0.3, -0.25) is 0 Å². The molecule has 1 saturated carbocycles. The van der Waals surface area contributed by atoms with Gasteiger partial charge in [-0.1, -0.05) is 38.5 Å². The summed E-state index contributed by atoms with van der Waals surface area (Å²) in [5, 5.41) is 8.08. The molecule has 1 heterocycles. The van der Waals surface area contributed by atoms with Gasteiger partial charge in [-0.25, -0.2) is 4.68 Å². The van der Waals surface area contributed by atoms with Crippen LogP contribution in [0, 0.1) is 11.3 Å². The van der Waals surface area contributed by atoms with Crippen molar-refractivity contribution in [3.05, 3.63) is 48.3 Å². The number of para-hydroxylation sites is 1. The van der Waals surface area contributed by atoms with E-state index in [4.69, 9.17) is 0 Å². The van der Waals surface area contributed by atoms with Gasteiger partial charge in [0.25, 0.3) is 0 Å². The van der Waals surface area contributed by atoms with E-state index >= 15 is 0 Å². The van der Waals surface area contributed by atoms with Crippen LogP contribution in [0.1, 0.15) is 44.7 Å². The van der Waals surface area contributed by atoms with Crippen molar-refractivity contribution in [3.8, 4) is 5.69 Å². The molecule has 0 bridgehead atoms. The van der Waals surface area contributed by atoms with E-state index in [2.05, 4.69) is 49.6 Å². The first-order chi connectivity index (χ1) is 10.1. The first-order valence-electron chi connectivity index (χ1n) is 7.89. The Balaban J connectivity index is 1.87. The maximum atomic E-state index is 4.55. The van der Waals surface area contributed by atoms with Gasteiger partial charge in [0.05, 0.1) is 11.9 Å². The van der Waals surface area contributed by atoms with Crippen LogP contribution in [-0.4, -0.2) is 16.8 Å². The molecule has 0 aliphatic heterocycles. The molecule has 112 valence electrons. The summed E-state index contributed by atoms with van der Waals surface area (Å²) in [6, 6.07) is 10.7.